The maximum atomic E-state index is 10.8. The standard InChI is InChI=1S/C9H7NO2/c11-7-6-9(12)10-8-4-2-1-3-5-8/h1-6H,(H,10,12). The molecule has 12 heavy (non-hydrogen) atoms. The Morgan fingerprint density at radius 3 is 2.58 bits per heavy atom. The van der Waals surface area contributed by atoms with Crippen LogP contribution >= 0.6 is 0 Å². The quantitative estimate of drug-likeness (QED) is 0.519. The number of benzene rings is 1. The summed E-state index contributed by atoms with van der Waals surface area (Å²) >= 11 is 0. The molecular weight excluding hydrogens is 154 g/mol. The molecule has 0 unspecified atom stereocenters. The Morgan fingerprint density at radius 2 is 2.00 bits per heavy atom. The van der Waals surface area contributed by atoms with Crippen molar-refractivity contribution in [1.29, 1.82) is 0 Å². The first-order valence-corrected chi connectivity index (χ1v) is 3.40. The van der Waals surface area contributed by atoms with Crippen LogP contribution in [0.1, 0.15) is 0 Å². The molecule has 0 atom stereocenters. The van der Waals surface area contributed by atoms with E-state index in [1.54, 1.807) is 24.3 Å². The van der Waals surface area contributed by atoms with Crippen LogP contribution in [0.25, 0.3) is 0 Å². The molecule has 1 amide bonds. The largest absolute Gasteiger partial charge is 0.322 e. The molecule has 1 aromatic carbocycles. The average Bonchev–Trinajstić information content (AvgIpc) is 2.06. The smallest absolute Gasteiger partial charge is 0.259 e. The number of hydrogen-bond donors (Lipinski definition) is 1. The minimum absolute atomic E-state index is 0.462. The maximum Gasteiger partial charge on any atom is 0.259 e. The Balaban J connectivity index is 2.64. The molecule has 0 bridgehead atoms. The summed E-state index contributed by atoms with van der Waals surface area (Å²) in [6.07, 6.45) is 0.812. The van der Waals surface area contributed by atoms with Gasteiger partial charge in [-0.3, -0.25) is 4.79 Å². The summed E-state index contributed by atoms with van der Waals surface area (Å²) in [6, 6.07) is 8.89. The van der Waals surface area contributed by atoms with Crippen molar-refractivity contribution in [3.63, 3.8) is 0 Å². The second kappa shape index (κ2) is 4.11. The van der Waals surface area contributed by atoms with Crippen molar-refractivity contribution >= 4 is 17.5 Å². The summed E-state index contributed by atoms with van der Waals surface area (Å²) in [5.41, 5.74) is 0.661. The van der Waals surface area contributed by atoms with E-state index in [0.29, 0.717) is 5.69 Å². The zero-order valence-electron chi connectivity index (χ0n) is 6.28. The van der Waals surface area contributed by atoms with Gasteiger partial charge in [0.1, 0.15) is 5.94 Å². The van der Waals surface area contributed by atoms with E-state index in [4.69, 9.17) is 0 Å². The lowest BCUT2D eigenvalue weighted by atomic mass is 10.3. The van der Waals surface area contributed by atoms with Crippen LogP contribution in [0.2, 0.25) is 0 Å². The first-order valence-electron chi connectivity index (χ1n) is 3.40. The molecule has 1 rings (SSSR count). The first kappa shape index (κ1) is 8.24. The Labute approximate surface area is 69.7 Å². The summed E-state index contributed by atoms with van der Waals surface area (Å²) < 4.78 is 0. The number of anilines is 1. The topological polar surface area (TPSA) is 46.2 Å². The van der Waals surface area contributed by atoms with E-state index in [1.807, 2.05) is 6.07 Å². The Hall–Kier alpha value is -1.86. The second-order valence-corrected chi connectivity index (χ2v) is 2.12. The first-order chi connectivity index (χ1) is 5.83. The predicted molar refractivity (Wildman–Crippen MR) is 45.3 cm³/mol. The molecule has 0 aliphatic heterocycles. The van der Waals surface area contributed by atoms with Crippen LogP contribution in [0.4, 0.5) is 5.69 Å². The lowest BCUT2D eigenvalue weighted by Crippen LogP contribution is -2.07. The zero-order valence-corrected chi connectivity index (χ0v) is 6.28. The lowest BCUT2D eigenvalue weighted by molar-refractivity contribution is -0.111. The number of nitrogens with one attached hydrogen (secondary N) is 1. The third-order valence-corrected chi connectivity index (χ3v) is 1.23. The molecule has 3 heteroatoms. The van der Waals surface area contributed by atoms with E-state index >= 15 is 0 Å². The van der Waals surface area contributed by atoms with Crippen LogP contribution in [-0.2, 0) is 9.59 Å². The fraction of sp³-hybridized carbons (Fsp3) is 0. The monoisotopic (exact) mass is 161 g/mol. The van der Waals surface area contributed by atoms with E-state index in [1.165, 1.54) is 5.94 Å². The number of rotatable bonds is 2. The molecule has 0 aromatic heterocycles. The van der Waals surface area contributed by atoms with Crippen LogP contribution in [-0.4, -0.2) is 11.8 Å². The minimum Gasteiger partial charge on any atom is -0.322 e. The van der Waals surface area contributed by atoms with E-state index in [9.17, 15) is 9.59 Å². The van der Waals surface area contributed by atoms with Gasteiger partial charge in [-0.05, 0) is 12.1 Å². The van der Waals surface area contributed by atoms with Gasteiger partial charge < -0.3 is 5.32 Å². The van der Waals surface area contributed by atoms with Crippen molar-refractivity contribution < 1.29 is 9.59 Å². The highest BCUT2D eigenvalue weighted by Crippen LogP contribution is 2.03. The van der Waals surface area contributed by atoms with Crippen LogP contribution in [0.5, 0.6) is 0 Å². The van der Waals surface area contributed by atoms with Gasteiger partial charge in [-0.15, -0.1) is 0 Å². The second-order valence-electron chi connectivity index (χ2n) is 2.12. The number of carbonyl (C=O) groups excluding carboxylic acids is 2. The SMILES string of the molecule is O=C=CC(=O)Nc1ccccc1. The van der Waals surface area contributed by atoms with Crippen molar-refractivity contribution in [2.75, 3.05) is 5.32 Å². The van der Waals surface area contributed by atoms with Gasteiger partial charge in [-0.25, -0.2) is 4.79 Å². The molecule has 1 N–H and O–H groups in total. The van der Waals surface area contributed by atoms with Gasteiger partial charge >= 0.3 is 0 Å². The fourth-order valence-electron chi connectivity index (χ4n) is 0.753. The summed E-state index contributed by atoms with van der Waals surface area (Å²) in [6.45, 7) is 0. The molecule has 0 radical (unpaired) electrons. The highest BCUT2D eigenvalue weighted by Gasteiger charge is 1.94. The van der Waals surface area contributed by atoms with E-state index < -0.39 is 5.91 Å². The van der Waals surface area contributed by atoms with Crippen LogP contribution in [0.15, 0.2) is 36.4 Å². The van der Waals surface area contributed by atoms with Crippen molar-refractivity contribution in [1.82, 2.24) is 0 Å². The predicted octanol–water partition coefficient (Wildman–Crippen LogP) is 1.01. The molecular formula is C9H7NO2. The average molecular weight is 161 g/mol. The molecule has 60 valence electrons. The van der Waals surface area contributed by atoms with Gasteiger partial charge in [-0.1, -0.05) is 18.2 Å². The van der Waals surface area contributed by atoms with Crippen molar-refractivity contribution in [2.45, 2.75) is 0 Å². The summed E-state index contributed by atoms with van der Waals surface area (Å²) in [5, 5.41) is 2.49. The zero-order chi connectivity index (χ0) is 8.81. The van der Waals surface area contributed by atoms with Gasteiger partial charge in [0.05, 0.1) is 6.08 Å². The van der Waals surface area contributed by atoms with E-state index in [-0.39, 0.29) is 0 Å². The van der Waals surface area contributed by atoms with Gasteiger partial charge in [0.25, 0.3) is 5.91 Å². The molecule has 0 aliphatic carbocycles. The van der Waals surface area contributed by atoms with Gasteiger partial charge in [0.15, 0.2) is 0 Å². The number of amides is 1. The fourth-order valence-corrected chi connectivity index (χ4v) is 0.753. The normalized spacial score (nSPS) is 8.33. The van der Waals surface area contributed by atoms with Gasteiger partial charge in [0, 0.05) is 5.69 Å². The number of hydrogen-bond acceptors (Lipinski definition) is 2. The summed E-state index contributed by atoms with van der Waals surface area (Å²) in [4.78, 5) is 20.5. The van der Waals surface area contributed by atoms with E-state index in [2.05, 4.69) is 5.32 Å². The Kier molecular flexibility index (Phi) is 2.82. The Bertz CT molecular complexity index is 313. The molecule has 1 aromatic rings. The highest BCUT2D eigenvalue weighted by molar-refractivity contribution is 6.03. The molecule has 0 spiro atoms. The van der Waals surface area contributed by atoms with Crippen molar-refractivity contribution in [3.05, 3.63) is 36.4 Å². The molecule has 3 nitrogen and oxygen atoms in total. The van der Waals surface area contributed by atoms with Crippen LogP contribution in [0.3, 0.4) is 0 Å². The highest BCUT2D eigenvalue weighted by atomic mass is 16.2. The van der Waals surface area contributed by atoms with Gasteiger partial charge in [-0.2, -0.15) is 0 Å². The molecule has 0 heterocycles. The number of para-hydroxylation sites is 1. The Morgan fingerprint density at radius 1 is 1.33 bits per heavy atom. The van der Waals surface area contributed by atoms with Gasteiger partial charge in [0.2, 0.25) is 0 Å². The molecule has 0 aliphatic rings. The third kappa shape index (κ3) is 2.40. The van der Waals surface area contributed by atoms with Crippen LogP contribution in [0, 0.1) is 0 Å². The van der Waals surface area contributed by atoms with Crippen molar-refractivity contribution in [3.8, 4) is 0 Å². The minimum atomic E-state index is -0.462. The lowest BCUT2D eigenvalue weighted by Gasteiger charge is -1.98. The summed E-state index contributed by atoms with van der Waals surface area (Å²) in [5.74, 6) is 0.939. The maximum absolute atomic E-state index is 10.8. The molecule has 0 fully saturated rings. The van der Waals surface area contributed by atoms with Crippen molar-refractivity contribution in [2.24, 2.45) is 0 Å². The summed E-state index contributed by atoms with van der Waals surface area (Å²) in [7, 11) is 0. The molecule has 0 saturated heterocycles. The molecule has 0 saturated carbocycles. The third-order valence-electron chi connectivity index (χ3n) is 1.23. The number of carbonyl (C=O) groups is 1. The van der Waals surface area contributed by atoms with E-state index in [0.717, 1.165) is 6.08 Å². The van der Waals surface area contributed by atoms with Crippen LogP contribution < -0.4 is 5.32 Å².